The van der Waals surface area contributed by atoms with Crippen LogP contribution in [0.1, 0.15) is 131 Å². The molecular weight excluding hydrogens is 639 g/mol. The summed E-state index contributed by atoms with van der Waals surface area (Å²) in [6.07, 6.45) is 18.5. The third-order valence-corrected chi connectivity index (χ3v) is 16.0. The zero-order valence-corrected chi connectivity index (χ0v) is 34.6. The van der Waals surface area contributed by atoms with Crippen molar-refractivity contribution in [1.82, 2.24) is 20.0 Å². The number of hydrogen-bond donors (Lipinski definition) is 2. The van der Waals surface area contributed by atoms with Crippen molar-refractivity contribution in [3.8, 4) is 0 Å². The van der Waals surface area contributed by atoms with Crippen LogP contribution in [0.25, 0.3) is 0 Å². The molecule has 1 saturated heterocycles. The van der Waals surface area contributed by atoms with Crippen LogP contribution in [0.3, 0.4) is 0 Å². The Bertz CT molecular complexity index is 1250. The molecule has 1 aromatic carbocycles. The van der Waals surface area contributed by atoms with E-state index in [9.17, 15) is 4.79 Å². The molecule has 9 unspecified atom stereocenters. The number of fused-ring (bicyclic) bond motifs is 5. The third kappa shape index (κ3) is 9.31. The molecule has 6 rings (SSSR count). The van der Waals surface area contributed by atoms with Crippen molar-refractivity contribution >= 4 is 11.6 Å². The molecule has 9 atom stereocenters. The van der Waals surface area contributed by atoms with Gasteiger partial charge in [0, 0.05) is 64.0 Å². The zero-order chi connectivity index (χ0) is 36.7. The van der Waals surface area contributed by atoms with Gasteiger partial charge in [-0.2, -0.15) is 0 Å². The summed E-state index contributed by atoms with van der Waals surface area (Å²) in [6, 6.07) is 9.15. The van der Waals surface area contributed by atoms with E-state index in [2.05, 4.69) is 91.1 Å². The number of carbonyl (C=O) groups excluding carboxylic acids is 1. The van der Waals surface area contributed by atoms with E-state index >= 15 is 0 Å². The fourth-order valence-electron chi connectivity index (χ4n) is 13.1. The second-order valence-electron chi connectivity index (χ2n) is 18.9. The highest BCUT2D eigenvalue weighted by Crippen LogP contribution is 2.68. The first-order chi connectivity index (χ1) is 25.2. The summed E-state index contributed by atoms with van der Waals surface area (Å²) >= 11 is 0. The van der Waals surface area contributed by atoms with E-state index in [-0.39, 0.29) is 5.91 Å². The van der Waals surface area contributed by atoms with Gasteiger partial charge < -0.3 is 20.4 Å². The molecule has 5 fully saturated rings. The van der Waals surface area contributed by atoms with E-state index < -0.39 is 0 Å². The summed E-state index contributed by atoms with van der Waals surface area (Å²) in [6.45, 7) is 26.1. The third-order valence-electron chi connectivity index (χ3n) is 16.0. The Morgan fingerprint density at radius 3 is 2.23 bits per heavy atom. The van der Waals surface area contributed by atoms with E-state index in [0.29, 0.717) is 29.2 Å². The van der Waals surface area contributed by atoms with E-state index in [4.69, 9.17) is 0 Å². The second kappa shape index (κ2) is 18.4. The van der Waals surface area contributed by atoms with Gasteiger partial charge in [0.2, 0.25) is 5.91 Å². The van der Waals surface area contributed by atoms with Crippen LogP contribution in [0.5, 0.6) is 0 Å². The van der Waals surface area contributed by atoms with Gasteiger partial charge in [0.05, 0.1) is 0 Å². The molecule has 1 aliphatic heterocycles. The Kier molecular flexibility index (Phi) is 14.3. The lowest BCUT2D eigenvalue weighted by atomic mass is 9.44. The zero-order valence-electron chi connectivity index (χ0n) is 34.6. The molecule has 2 N–H and O–H groups in total. The van der Waals surface area contributed by atoms with Gasteiger partial charge in [-0.25, -0.2) is 0 Å². The Morgan fingerprint density at radius 1 is 0.808 bits per heavy atom. The topological polar surface area (TPSA) is 50.9 Å². The predicted molar refractivity (Wildman–Crippen MR) is 220 cm³/mol. The molecule has 6 nitrogen and oxygen atoms in total. The van der Waals surface area contributed by atoms with Gasteiger partial charge in [0.25, 0.3) is 0 Å². The number of anilines is 1. The van der Waals surface area contributed by atoms with Crippen molar-refractivity contribution in [2.45, 2.75) is 137 Å². The number of likely N-dealkylation sites (N-methyl/N-ethyl adjacent to an activating group) is 2. The summed E-state index contributed by atoms with van der Waals surface area (Å²) in [5.41, 5.74) is 3.38. The minimum Gasteiger partial charge on any atom is -0.326 e. The fourth-order valence-corrected chi connectivity index (χ4v) is 13.1. The van der Waals surface area contributed by atoms with Gasteiger partial charge in [0.15, 0.2) is 0 Å². The van der Waals surface area contributed by atoms with Crippen LogP contribution in [0.15, 0.2) is 24.3 Å². The summed E-state index contributed by atoms with van der Waals surface area (Å²) < 4.78 is 0. The van der Waals surface area contributed by atoms with Crippen molar-refractivity contribution in [1.29, 1.82) is 0 Å². The van der Waals surface area contributed by atoms with Gasteiger partial charge in [-0.3, -0.25) is 9.69 Å². The number of benzene rings is 1. The van der Waals surface area contributed by atoms with Crippen molar-refractivity contribution in [3.05, 3.63) is 29.8 Å². The summed E-state index contributed by atoms with van der Waals surface area (Å²) in [4.78, 5) is 21.2. The highest BCUT2D eigenvalue weighted by atomic mass is 16.1. The first kappa shape index (κ1) is 40.2. The van der Waals surface area contributed by atoms with E-state index in [1.165, 1.54) is 102 Å². The molecule has 0 spiro atoms. The first-order valence-electron chi connectivity index (χ1n) is 22.5. The van der Waals surface area contributed by atoms with E-state index in [0.717, 1.165) is 87.4 Å². The Morgan fingerprint density at radius 2 is 1.52 bits per heavy atom. The standard InChI is InChI=1S/C46H79N5O/c1-7-26-50-29-27-49(9-3)28-31-51(32-30-50)34-39(47-8-2)33-36-14-17-38(18-15-36)48-44(52)22-13-35(4)41-20-21-42-40-19-16-37-12-10-11-24-45(37,5)43(40)23-25-46(41,42)6/h14-15,17-18,35,37,39-43,47H,7-13,16,19-34H2,1-6H3,(H,48,52). The maximum absolute atomic E-state index is 13.3. The molecule has 0 aromatic heterocycles. The lowest BCUT2D eigenvalue weighted by molar-refractivity contribution is -0.118. The minimum absolute atomic E-state index is 0.184. The largest absolute Gasteiger partial charge is 0.326 e. The number of nitrogens with zero attached hydrogens (tertiary/aromatic N) is 3. The lowest BCUT2D eigenvalue weighted by Crippen LogP contribution is -2.53. The van der Waals surface area contributed by atoms with Crippen molar-refractivity contribution in [3.63, 3.8) is 0 Å². The molecule has 1 heterocycles. The van der Waals surface area contributed by atoms with E-state index in [1.54, 1.807) is 0 Å². The highest BCUT2D eigenvalue weighted by Gasteiger charge is 2.60. The Hall–Kier alpha value is -1.47. The molecule has 1 aromatic rings. The number of nitrogens with one attached hydrogen (secondary N) is 2. The van der Waals surface area contributed by atoms with Gasteiger partial charge in [0.1, 0.15) is 0 Å². The quantitative estimate of drug-likeness (QED) is 0.201. The maximum atomic E-state index is 13.3. The Labute approximate surface area is 320 Å². The fraction of sp³-hybridized carbons (Fsp3) is 0.848. The average molecular weight is 718 g/mol. The molecule has 5 aliphatic rings. The molecule has 6 heteroatoms. The number of hydrogen-bond acceptors (Lipinski definition) is 5. The summed E-state index contributed by atoms with van der Waals surface area (Å²) in [5, 5.41) is 7.06. The molecule has 294 valence electrons. The smallest absolute Gasteiger partial charge is 0.224 e. The van der Waals surface area contributed by atoms with Gasteiger partial charge in [-0.15, -0.1) is 0 Å². The predicted octanol–water partition coefficient (Wildman–Crippen LogP) is 8.96. The number of carbonyl (C=O) groups is 1. The normalized spacial score (nSPS) is 34.6. The van der Waals surface area contributed by atoms with Gasteiger partial charge in [-0.05, 0) is 154 Å². The van der Waals surface area contributed by atoms with Crippen molar-refractivity contribution < 1.29 is 4.79 Å². The number of rotatable bonds is 14. The van der Waals surface area contributed by atoms with Gasteiger partial charge >= 0.3 is 0 Å². The van der Waals surface area contributed by atoms with Crippen LogP contribution in [-0.4, -0.2) is 92.1 Å². The van der Waals surface area contributed by atoms with Crippen molar-refractivity contribution in [2.24, 2.45) is 46.3 Å². The van der Waals surface area contributed by atoms with Crippen LogP contribution in [-0.2, 0) is 11.2 Å². The summed E-state index contributed by atoms with van der Waals surface area (Å²) in [5.74, 6) is 5.42. The van der Waals surface area contributed by atoms with Crippen molar-refractivity contribution in [2.75, 3.05) is 70.8 Å². The monoisotopic (exact) mass is 718 g/mol. The van der Waals surface area contributed by atoms with E-state index in [1.807, 2.05) is 0 Å². The lowest BCUT2D eigenvalue weighted by Gasteiger charge is -2.61. The van der Waals surface area contributed by atoms with Crippen LogP contribution in [0.4, 0.5) is 5.69 Å². The molecule has 0 bridgehead atoms. The SMILES string of the molecule is CCCN1CCN(CC)CCN(CC(Cc2ccc(NC(=O)CCC(C)C3CCC4C5CCC6CCCCC6(C)C5CCC34C)cc2)NCC)CC1. The molecule has 4 saturated carbocycles. The van der Waals surface area contributed by atoms with Crippen LogP contribution in [0.2, 0.25) is 0 Å². The minimum atomic E-state index is 0.184. The molecular formula is C46H79N5O. The van der Waals surface area contributed by atoms with Crippen LogP contribution in [0, 0.1) is 46.3 Å². The van der Waals surface area contributed by atoms with Crippen LogP contribution >= 0.6 is 0 Å². The van der Waals surface area contributed by atoms with Crippen LogP contribution < -0.4 is 10.6 Å². The molecule has 1 amide bonds. The second-order valence-corrected chi connectivity index (χ2v) is 18.9. The number of amides is 1. The first-order valence-corrected chi connectivity index (χ1v) is 22.5. The molecule has 52 heavy (non-hydrogen) atoms. The Balaban J connectivity index is 0.972. The summed E-state index contributed by atoms with van der Waals surface area (Å²) in [7, 11) is 0. The average Bonchev–Trinajstić information content (AvgIpc) is 3.53. The highest BCUT2D eigenvalue weighted by molar-refractivity contribution is 5.90. The molecule has 4 aliphatic carbocycles. The maximum Gasteiger partial charge on any atom is 0.224 e. The molecule has 0 radical (unpaired) electrons. The van der Waals surface area contributed by atoms with Gasteiger partial charge in [-0.1, -0.05) is 66.5 Å².